The lowest BCUT2D eigenvalue weighted by Gasteiger charge is -2.62. The molecule has 4 fully saturated rings. The van der Waals surface area contributed by atoms with Crippen LogP contribution in [0.4, 0.5) is 0 Å². The molecule has 9 atom stereocenters. The second kappa shape index (κ2) is 6.78. The summed E-state index contributed by atoms with van der Waals surface area (Å²) in [6.07, 6.45) is 10.5. The van der Waals surface area contributed by atoms with Crippen molar-refractivity contribution in [2.45, 2.75) is 90.8 Å². The SMILES string of the molecule is CCCOC1CCC2CCC3C4CCC(C#N)C4(C)CC(O)C3C2(C)C1. The fourth-order valence-electron chi connectivity index (χ4n) is 8.07. The normalized spacial score (nSPS) is 53.3. The predicted molar refractivity (Wildman–Crippen MR) is 102 cm³/mol. The summed E-state index contributed by atoms with van der Waals surface area (Å²) in [4.78, 5) is 0. The Kier molecular flexibility index (Phi) is 4.89. The zero-order valence-electron chi connectivity index (χ0n) is 16.9. The molecule has 0 radical (unpaired) electrons. The molecule has 1 N–H and O–H groups in total. The lowest BCUT2D eigenvalue weighted by Crippen LogP contribution is -2.59. The van der Waals surface area contributed by atoms with Gasteiger partial charge in [-0.3, -0.25) is 0 Å². The first-order valence-electron chi connectivity index (χ1n) is 11.1. The standard InChI is InChI=1S/C23H37NO2/c1-4-11-26-17-8-5-15-6-9-18-19-10-7-16(14-24)22(19,2)13-20(25)21(18)23(15,3)12-17/h15-21,25H,4-13H2,1-3H3. The summed E-state index contributed by atoms with van der Waals surface area (Å²) < 4.78 is 6.18. The van der Waals surface area contributed by atoms with Gasteiger partial charge in [0.15, 0.2) is 0 Å². The van der Waals surface area contributed by atoms with Crippen LogP contribution in [0, 0.1) is 51.8 Å². The molecule has 0 spiro atoms. The van der Waals surface area contributed by atoms with Crippen LogP contribution in [0.1, 0.15) is 78.6 Å². The topological polar surface area (TPSA) is 53.2 Å². The highest BCUT2D eigenvalue weighted by Gasteiger charge is 2.63. The minimum absolute atomic E-state index is 0.0330. The van der Waals surface area contributed by atoms with Gasteiger partial charge in [-0.1, -0.05) is 20.8 Å². The van der Waals surface area contributed by atoms with Crippen LogP contribution in [-0.4, -0.2) is 23.9 Å². The van der Waals surface area contributed by atoms with E-state index in [0.717, 1.165) is 38.2 Å². The van der Waals surface area contributed by atoms with Gasteiger partial charge in [-0.15, -0.1) is 0 Å². The molecule has 4 saturated carbocycles. The Morgan fingerprint density at radius 1 is 1.04 bits per heavy atom. The third-order valence-corrected chi connectivity index (χ3v) is 9.21. The molecule has 0 heterocycles. The van der Waals surface area contributed by atoms with E-state index in [1.54, 1.807) is 0 Å². The average molecular weight is 360 g/mol. The Bertz CT molecular complexity index is 571. The van der Waals surface area contributed by atoms with Crippen molar-refractivity contribution in [2.24, 2.45) is 40.4 Å². The van der Waals surface area contributed by atoms with Gasteiger partial charge < -0.3 is 9.84 Å². The minimum Gasteiger partial charge on any atom is -0.393 e. The fraction of sp³-hybridized carbons (Fsp3) is 0.957. The van der Waals surface area contributed by atoms with Gasteiger partial charge in [-0.05, 0) is 92.3 Å². The summed E-state index contributed by atoms with van der Waals surface area (Å²) >= 11 is 0. The summed E-state index contributed by atoms with van der Waals surface area (Å²) in [6.45, 7) is 7.83. The molecule has 146 valence electrons. The number of nitrogens with zero attached hydrogens (tertiary/aromatic N) is 1. The Labute approximate surface area is 159 Å². The molecule has 9 unspecified atom stereocenters. The lowest BCUT2D eigenvalue weighted by atomic mass is 9.44. The largest absolute Gasteiger partial charge is 0.393 e. The Balaban J connectivity index is 1.61. The van der Waals surface area contributed by atoms with Crippen molar-refractivity contribution in [2.75, 3.05) is 6.61 Å². The van der Waals surface area contributed by atoms with Crippen molar-refractivity contribution < 1.29 is 9.84 Å². The monoisotopic (exact) mass is 359 g/mol. The van der Waals surface area contributed by atoms with Crippen LogP contribution in [0.25, 0.3) is 0 Å². The molecule has 4 rings (SSSR count). The fourth-order valence-corrected chi connectivity index (χ4v) is 8.07. The van der Waals surface area contributed by atoms with E-state index in [-0.39, 0.29) is 22.9 Å². The summed E-state index contributed by atoms with van der Waals surface area (Å²) in [5.74, 6) is 2.53. The van der Waals surface area contributed by atoms with Crippen molar-refractivity contribution in [3.05, 3.63) is 0 Å². The van der Waals surface area contributed by atoms with Crippen molar-refractivity contribution in [3.63, 3.8) is 0 Å². The molecule has 4 aliphatic carbocycles. The highest BCUT2D eigenvalue weighted by Crippen LogP contribution is 2.67. The Morgan fingerprint density at radius 2 is 1.81 bits per heavy atom. The van der Waals surface area contributed by atoms with E-state index in [1.165, 1.54) is 32.1 Å². The first-order chi connectivity index (χ1) is 12.4. The minimum atomic E-state index is -0.243. The third kappa shape index (κ3) is 2.67. The Hall–Kier alpha value is -0.590. The number of aliphatic hydroxyl groups excluding tert-OH is 1. The van der Waals surface area contributed by atoms with Crippen LogP contribution in [0.5, 0.6) is 0 Å². The number of fused-ring (bicyclic) bond motifs is 5. The highest BCUT2D eigenvalue weighted by molar-refractivity contribution is 5.14. The quantitative estimate of drug-likeness (QED) is 0.777. The molecule has 0 saturated heterocycles. The molecule has 0 amide bonds. The number of ether oxygens (including phenoxy) is 1. The molecule has 0 aromatic rings. The van der Waals surface area contributed by atoms with E-state index < -0.39 is 0 Å². The Morgan fingerprint density at radius 3 is 2.54 bits per heavy atom. The molecule has 0 aromatic heterocycles. The highest BCUT2D eigenvalue weighted by atomic mass is 16.5. The maximum atomic E-state index is 11.3. The smallest absolute Gasteiger partial charge is 0.0661 e. The molecule has 3 nitrogen and oxygen atoms in total. The van der Waals surface area contributed by atoms with E-state index >= 15 is 0 Å². The number of nitriles is 1. The van der Waals surface area contributed by atoms with E-state index in [1.807, 2.05) is 0 Å². The van der Waals surface area contributed by atoms with Crippen LogP contribution < -0.4 is 0 Å². The summed E-state index contributed by atoms with van der Waals surface area (Å²) in [6, 6.07) is 2.58. The predicted octanol–water partition coefficient (Wildman–Crippen LogP) is 4.93. The maximum absolute atomic E-state index is 11.3. The second-order valence-electron chi connectivity index (χ2n) is 10.4. The molecule has 3 heteroatoms. The van der Waals surface area contributed by atoms with Gasteiger partial charge >= 0.3 is 0 Å². The molecular formula is C23H37NO2. The van der Waals surface area contributed by atoms with Gasteiger partial charge in [0.1, 0.15) is 0 Å². The second-order valence-corrected chi connectivity index (χ2v) is 10.4. The van der Waals surface area contributed by atoms with Gasteiger partial charge in [0.05, 0.1) is 24.2 Å². The van der Waals surface area contributed by atoms with Crippen molar-refractivity contribution in [1.29, 1.82) is 5.26 Å². The maximum Gasteiger partial charge on any atom is 0.0661 e. The number of hydrogen-bond acceptors (Lipinski definition) is 3. The van der Waals surface area contributed by atoms with E-state index in [0.29, 0.717) is 23.9 Å². The van der Waals surface area contributed by atoms with Crippen molar-refractivity contribution >= 4 is 0 Å². The van der Waals surface area contributed by atoms with Crippen LogP contribution in [0.2, 0.25) is 0 Å². The van der Waals surface area contributed by atoms with E-state index in [2.05, 4.69) is 26.8 Å². The zero-order valence-corrected chi connectivity index (χ0v) is 16.9. The number of hydrogen-bond donors (Lipinski definition) is 1. The van der Waals surface area contributed by atoms with Crippen LogP contribution in [0.15, 0.2) is 0 Å². The van der Waals surface area contributed by atoms with Crippen LogP contribution in [-0.2, 0) is 4.74 Å². The number of aliphatic hydroxyl groups is 1. The molecule has 4 aliphatic rings. The van der Waals surface area contributed by atoms with Gasteiger partial charge in [0.25, 0.3) is 0 Å². The van der Waals surface area contributed by atoms with E-state index in [4.69, 9.17) is 4.74 Å². The van der Waals surface area contributed by atoms with Crippen molar-refractivity contribution in [3.8, 4) is 6.07 Å². The average Bonchev–Trinajstić information content (AvgIpc) is 2.94. The summed E-state index contributed by atoms with van der Waals surface area (Å²) in [7, 11) is 0. The van der Waals surface area contributed by atoms with Crippen LogP contribution in [0.3, 0.4) is 0 Å². The third-order valence-electron chi connectivity index (χ3n) is 9.21. The van der Waals surface area contributed by atoms with Crippen molar-refractivity contribution in [1.82, 2.24) is 0 Å². The molecular weight excluding hydrogens is 322 g/mol. The summed E-state index contributed by atoms with van der Waals surface area (Å²) in [5, 5.41) is 21.0. The molecule has 0 aromatic carbocycles. The van der Waals surface area contributed by atoms with Gasteiger partial charge in [-0.2, -0.15) is 5.26 Å². The van der Waals surface area contributed by atoms with Gasteiger partial charge in [0, 0.05) is 6.61 Å². The zero-order chi connectivity index (χ0) is 18.5. The molecule has 0 bridgehead atoms. The molecule has 26 heavy (non-hydrogen) atoms. The molecule has 0 aliphatic heterocycles. The summed E-state index contributed by atoms with van der Waals surface area (Å²) in [5.41, 5.74) is 0.246. The first kappa shape index (κ1) is 18.8. The van der Waals surface area contributed by atoms with Gasteiger partial charge in [-0.25, -0.2) is 0 Å². The first-order valence-corrected chi connectivity index (χ1v) is 11.1. The van der Waals surface area contributed by atoms with Gasteiger partial charge in [0.2, 0.25) is 0 Å². The van der Waals surface area contributed by atoms with Crippen LogP contribution >= 0.6 is 0 Å². The lowest BCUT2D eigenvalue weighted by molar-refractivity contribution is -0.182. The number of rotatable bonds is 3. The van der Waals surface area contributed by atoms with E-state index in [9.17, 15) is 10.4 Å².